The van der Waals surface area contributed by atoms with Gasteiger partial charge in [0.05, 0.1) is 28.0 Å². The zero-order valence-corrected chi connectivity index (χ0v) is 20.2. The molecule has 1 saturated carbocycles. The number of benzene rings is 1. The Morgan fingerprint density at radius 1 is 1.26 bits per heavy atom. The number of sulfonamides is 1. The zero-order valence-electron chi connectivity index (χ0n) is 17.7. The fourth-order valence-corrected chi connectivity index (χ4v) is 7.87. The van der Waals surface area contributed by atoms with Gasteiger partial charge in [-0.25, -0.2) is 22.7 Å². The first-order chi connectivity index (χ1) is 14.7. The van der Waals surface area contributed by atoms with E-state index in [0.29, 0.717) is 24.1 Å². The van der Waals surface area contributed by atoms with Crippen molar-refractivity contribution in [1.29, 1.82) is 0 Å². The minimum Gasteiger partial charge on any atom is -0.302 e. The second kappa shape index (κ2) is 7.79. The molecule has 0 bridgehead atoms. The van der Waals surface area contributed by atoms with Crippen LogP contribution in [0.4, 0.5) is 0 Å². The molecule has 5 rings (SSSR count). The number of rotatable bonds is 6. The van der Waals surface area contributed by atoms with Crippen LogP contribution in [0.15, 0.2) is 27.9 Å². The van der Waals surface area contributed by atoms with E-state index in [-0.39, 0.29) is 32.9 Å². The van der Waals surface area contributed by atoms with Crippen molar-refractivity contribution in [1.82, 2.24) is 29.2 Å². The minimum atomic E-state index is -3.66. The summed E-state index contributed by atoms with van der Waals surface area (Å²) in [4.78, 5) is 13.7. The van der Waals surface area contributed by atoms with Gasteiger partial charge in [0.15, 0.2) is 5.50 Å². The van der Waals surface area contributed by atoms with E-state index in [1.165, 1.54) is 11.9 Å². The first kappa shape index (κ1) is 21.8. The normalized spacial score (nSPS) is 30.3. The summed E-state index contributed by atoms with van der Waals surface area (Å²) in [5, 5.41) is 7.35. The molecule has 0 spiro atoms. The molecular formula is C19H28N6O3S3. The maximum Gasteiger partial charge on any atom is 0.331 e. The first-order valence-electron chi connectivity index (χ1n) is 10.5. The monoisotopic (exact) mass is 484 g/mol. The van der Waals surface area contributed by atoms with Gasteiger partial charge in [-0.1, -0.05) is 0 Å². The lowest BCUT2D eigenvalue weighted by molar-refractivity contribution is 0.505. The molecule has 9 nitrogen and oxygen atoms in total. The van der Waals surface area contributed by atoms with Crippen LogP contribution in [0.25, 0.3) is 11.0 Å². The topological polar surface area (TPSA) is 109 Å². The summed E-state index contributed by atoms with van der Waals surface area (Å²) in [6.07, 6.45) is 1.68. The van der Waals surface area contributed by atoms with E-state index >= 15 is 0 Å². The number of hydrogen-bond donors (Lipinski definition) is 4. The number of thioether (sulfide) groups is 1. The second-order valence-electron chi connectivity index (χ2n) is 8.85. The number of aromatic nitrogens is 2. The second-order valence-corrected chi connectivity index (χ2v) is 13.1. The molecule has 170 valence electrons. The van der Waals surface area contributed by atoms with Crippen molar-refractivity contribution in [2.24, 2.45) is 0 Å². The van der Waals surface area contributed by atoms with Crippen molar-refractivity contribution in [2.75, 3.05) is 6.67 Å². The molecule has 3 heterocycles. The molecule has 12 heteroatoms. The Hall–Kier alpha value is -1.02. The van der Waals surface area contributed by atoms with Gasteiger partial charge >= 0.3 is 5.69 Å². The number of nitrogens with zero attached hydrogens (tertiary/aromatic N) is 2. The lowest BCUT2D eigenvalue weighted by Gasteiger charge is -2.15. The summed E-state index contributed by atoms with van der Waals surface area (Å²) in [7, 11) is -3.66. The number of fused-ring (bicyclic) bond motifs is 1. The van der Waals surface area contributed by atoms with Gasteiger partial charge in [-0.2, -0.15) is 0 Å². The van der Waals surface area contributed by atoms with Gasteiger partial charge in [0, 0.05) is 23.4 Å². The van der Waals surface area contributed by atoms with Crippen LogP contribution in [0, 0.1) is 0 Å². The fraction of sp³-hybridized carbons (Fsp3) is 0.632. The van der Waals surface area contributed by atoms with Gasteiger partial charge in [-0.3, -0.25) is 14.5 Å². The summed E-state index contributed by atoms with van der Waals surface area (Å²) in [5.41, 5.74) is 0.593. The van der Waals surface area contributed by atoms with Crippen LogP contribution < -0.4 is 25.8 Å². The van der Waals surface area contributed by atoms with Crippen molar-refractivity contribution in [3.8, 4) is 0 Å². The van der Waals surface area contributed by atoms with E-state index in [1.807, 2.05) is 18.7 Å². The van der Waals surface area contributed by atoms with Crippen LogP contribution >= 0.6 is 23.7 Å². The van der Waals surface area contributed by atoms with Gasteiger partial charge in [0.25, 0.3) is 0 Å². The van der Waals surface area contributed by atoms with Crippen molar-refractivity contribution >= 4 is 44.8 Å². The quantitative estimate of drug-likeness (QED) is 0.455. The van der Waals surface area contributed by atoms with E-state index in [1.54, 1.807) is 27.3 Å². The van der Waals surface area contributed by atoms with Crippen LogP contribution in [0.3, 0.4) is 0 Å². The lowest BCUT2D eigenvalue weighted by atomic mass is 10.2. The molecule has 2 aliphatic heterocycles. The Morgan fingerprint density at radius 3 is 2.65 bits per heavy atom. The third-order valence-corrected chi connectivity index (χ3v) is 10.2. The van der Waals surface area contributed by atoms with Crippen LogP contribution in [0.1, 0.15) is 39.1 Å². The molecule has 2 saturated heterocycles. The molecule has 0 radical (unpaired) electrons. The average molecular weight is 485 g/mol. The first-order valence-corrected chi connectivity index (χ1v) is 13.8. The van der Waals surface area contributed by atoms with Gasteiger partial charge < -0.3 is 5.32 Å². The minimum absolute atomic E-state index is 0.132. The highest BCUT2D eigenvalue weighted by molar-refractivity contribution is 8.00. The molecule has 4 unspecified atom stereocenters. The van der Waals surface area contributed by atoms with E-state index in [9.17, 15) is 13.2 Å². The number of nitrogens with one attached hydrogen (secondary N) is 4. The van der Waals surface area contributed by atoms with Crippen LogP contribution in [0.2, 0.25) is 0 Å². The maximum absolute atomic E-state index is 13.5. The standard InChI is InChI=1S/C19H28N6O3S3/c1-11-16(29-12(2)22-11)9-24-14-5-4-13(31(27,28)23-19(3)6-7-19)8-15(14)25(18(24)26)17-20-10-21-30-17/h4-5,8,11-12,16-17,20-23H,6-7,9-10H2,1-3H3. The number of hydrogen-bond acceptors (Lipinski definition) is 8. The predicted octanol–water partition coefficient (Wildman–Crippen LogP) is 1.33. The molecular weight excluding hydrogens is 456 g/mol. The highest BCUT2D eigenvalue weighted by Gasteiger charge is 2.41. The predicted molar refractivity (Wildman–Crippen MR) is 125 cm³/mol. The highest BCUT2D eigenvalue weighted by atomic mass is 32.2. The zero-order chi connectivity index (χ0) is 22.0. The van der Waals surface area contributed by atoms with Crippen LogP contribution in [0.5, 0.6) is 0 Å². The largest absolute Gasteiger partial charge is 0.331 e. The van der Waals surface area contributed by atoms with Crippen molar-refractivity contribution < 1.29 is 8.42 Å². The SMILES string of the molecule is CC1NC(C)C(Cn2c(=O)n(C3NCNS3)c3cc(S(=O)(=O)NC4(C)CC4)ccc32)S1. The summed E-state index contributed by atoms with van der Waals surface area (Å²) >= 11 is 3.25. The van der Waals surface area contributed by atoms with Crippen LogP contribution in [-0.2, 0) is 16.6 Å². The molecule has 2 aromatic rings. The number of imidazole rings is 1. The molecule has 3 fully saturated rings. The maximum atomic E-state index is 13.5. The Kier molecular flexibility index (Phi) is 5.48. The van der Waals surface area contributed by atoms with E-state index < -0.39 is 10.0 Å². The lowest BCUT2D eigenvalue weighted by Crippen LogP contribution is -2.35. The van der Waals surface area contributed by atoms with Gasteiger partial charge in [-0.15, -0.1) is 11.8 Å². The molecule has 0 amide bonds. The van der Waals surface area contributed by atoms with E-state index in [2.05, 4.69) is 33.9 Å². The Morgan fingerprint density at radius 2 is 2.03 bits per heavy atom. The molecule has 4 atom stereocenters. The molecule has 31 heavy (non-hydrogen) atoms. The van der Waals surface area contributed by atoms with Gasteiger partial charge in [0.1, 0.15) is 0 Å². The Labute approximate surface area is 190 Å². The van der Waals surface area contributed by atoms with Crippen molar-refractivity contribution in [3.05, 3.63) is 28.7 Å². The summed E-state index contributed by atoms with van der Waals surface area (Å²) in [6, 6.07) is 5.30. The molecule has 3 aliphatic rings. The highest BCUT2D eigenvalue weighted by Crippen LogP contribution is 2.36. The van der Waals surface area contributed by atoms with Crippen LogP contribution in [-0.4, -0.2) is 46.4 Å². The fourth-order valence-electron chi connectivity index (χ4n) is 4.22. The summed E-state index contributed by atoms with van der Waals surface area (Å²) < 4.78 is 35.3. The summed E-state index contributed by atoms with van der Waals surface area (Å²) in [5.74, 6) is 0. The van der Waals surface area contributed by atoms with Gasteiger partial charge in [-0.05, 0) is 63.8 Å². The third-order valence-electron chi connectivity index (χ3n) is 6.20. The van der Waals surface area contributed by atoms with Crippen molar-refractivity contribution in [2.45, 2.75) is 72.8 Å². The van der Waals surface area contributed by atoms with Gasteiger partial charge in [0.2, 0.25) is 10.0 Å². The molecule has 1 aliphatic carbocycles. The van der Waals surface area contributed by atoms with E-state index in [0.717, 1.165) is 18.4 Å². The Balaban J connectivity index is 1.59. The third kappa shape index (κ3) is 4.07. The Bertz CT molecular complexity index is 1170. The average Bonchev–Trinajstić information content (AvgIpc) is 3.05. The molecule has 4 N–H and O–H groups in total. The molecule has 1 aromatic carbocycles. The smallest absolute Gasteiger partial charge is 0.302 e. The van der Waals surface area contributed by atoms with E-state index in [4.69, 9.17) is 0 Å². The van der Waals surface area contributed by atoms with Crippen molar-refractivity contribution in [3.63, 3.8) is 0 Å². The summed E-state index contributed by atoms with van der Waals surface area (Å²) in [6.45, 7) is 7.32. The molecule has 1 aromatic heterocycles.